The molecule has 1 heterocycles. The van der Waals surface area contributed by atoms with Gasteiger partial charge in [-0.2, -0.15) is 0 Å². The SMILES string of the molecule is CCCCCC(=O)NCC(=O)Nc1cc2c(Nc3ccc(F)c(Cl)c3)ncnc2cc1OCC. The average Bonchev–Trinajstić information content (AvgIpc) is 2.81. The molecule has 1 aromatic heterocycles. The first-order valence-electron chi connectivity index (χ1n) is 11.1. The molecular formula is C24H27ClFN5O3. The van der Waals surface area contributed by atoms with Crippen LogP contribution < -0.4 is 20.7 Å². The number of ether oxygens (including phenoxy) is 1. The summed E-state index contributed by atoms with van der Waals surface area (Å²) in [6, 6.07) is 7.63. The van der Waals surface area contributed by atoms with Crippen molar-refractivity contribution in [3.63, 3.8) is 0 Å². The minimum Gasteiger partial charge on any atom is -0.492 e. The second kappa shape index (κ2) is 12.1. The number of carbonyl (C=O) groups is 2. The molecule has 3 aromatic rings. The lowest BCUT2D eigenvalue weighted by Crippen LogP contribution is -2.32. The van der Waals surface area contributed by atoms with Gasteiger partial charge in [-0.05, 0) is 37.6 Å². The molecule has 0 bridgehead atoms. The summed E-state index contributed by atoms with van der Waals surface area (Å²) in [5.41, 5.74) is 1.53. The third-order valence-corrected chi connectivity index (χ3v) is 5.24. The average molecular weight is 488 g/mol. The van der Waals surface area contributed by atoms with Crippen molar-refractivity contribution in [3.05, 3.63) is 47.5 Å². The maximum absolute atomic E-state index is 13.5. The predicted octanol–water partition coefficient (Wildman–Crippen LogP) is 5.20. The number of hydrogen-bond donors (Lipinski definition) is 3. The molecule has 3 N–H and O–H groups in total. The first-order valence-corrected chi connectivity index (χ1v) is 11.5. The van der Waals surface area contributed by atoms with Crippen LogP contribution in [-0.4, -0.2) is 34.9 Å². The highest BCUT2D eigenvalue weighted by atomic mass is 35.5. The molecule has 180 valence electrons. The van der Waals surface area contributed by atoms with E-state index < -0.39 is 5.82 Å². The van der Waals surface area contributed by atoms with Crippen LogP contribution in [0, 0.1) is 5.82 Å². The van der Waals surface area contributed by atoms with E-state index in [9.17, 15) is 14.0 Å². The van der Waals surface area contributed by atoms with E-state index in [1.807, 2.05) is 6.92 Å². The zero-order valence-corrected chi connectivity index (χ0v) is 19.8. The number of anilines is 3. The van der Waals surface area contributed by atoms with E-state index in [1.165, 1.54) is 24.5 Å². The van der Waals surface area contributed by atoms with Gasteiger partial charge in [-0.25, -0.2) is 14.4 Å². The minimum absolute atomic E-state index is 0.0216. The smallest absolute Gasteiger partial charge is 0.243 e. The Hall–Kier alpha value is -3.46. The van der Waals surface area contributed by atoms with Crippen LogP contribution in [0.4, 0.5) is 21.6 Å². The molecule has 2 aromatic carbocycles. The third-order valence-electron chi connectivity index (χ3n) is 4.95. The molecule has 0 saturated carbocycles. The van der Waals surface area contributed by atoms with Crippen molar-refractivity contribution >= 4 is 51.5 Å². The monoisotopic (exact) mass is 487 g/mol. The number of carbonyl (C=O) groups excluding carboxylic acids is 2. The van der Waals surface area contributed by atoms with E-state index in [1.54, 1.807) is 12.1 Å². The molecule has 2 amide bonds. The molecule has 8 nitrogen and oxygen atoms in total. The van der Waals surface area contributed by atoms with E-state index in [4.69, 9.17) is 16.3 Å². The fourth-order valence-electron chi connectivity index (χ4n) is 3.26. The summed E-state index contributed by atoms with van der Waals surface area (Å²) in [4.78, 5) is 33.0. The zero-order valence-electron chi connectivity index (χ0n) is 19.1. The Labute approximate surface area is 202 Å². The Morgan fingerprint density at radius 3 is 2.65 bits per heavy atom. The molecular weight excluding hydrogens is 461 g/mol. The molecule has 10 heteroatoms. The van der Waals surface area contributed by atoms with Crippen molar-refractivity contribution < 1.29 is 18.7 Å². The number of benzene rings is 2. The lowest BCUT2D eigenvalue weighted by Gasteiger charge is -2.15. The normalized spacial score (nSPS) is 10.7. The number of halogens is 2. The summed E-state index contributed by atoms with van der Waals surface area (Å²) in [5.74, 6) is -0.197. The number of unbranched alkanes of at least 4 members (excludes halogenated alkanes) is 2. The van der Waals surface area contributed by atoms with Crippen LogP contribution in [0.25, 0.3) is 10.9 Å². The maximum Gasteiger partial charge on any atom is 0.243 e. The number of aromatic nitrogens is 2. The van der Waals surface area contributed by atoms with Crippen LogP contribution in [0.15, 0.2) is 36.7 Å². The summed E-state index contributed by atoms with van der Waals surface area (Å²) in [5, 5.41) is 9.10. The van der Waals surface area contributed by atoms with E-state index in [2.05, 4.69) is 32.8 Å². The van der Waals surface area contributed by atoms with Crippen LogP contribution in [0.1, 0.15) is 39.5 Å². The van der Waals surface area contributed by atoms with Gasteiger partial charge in [-0.1, -0.05) is 31.4 Å². The summed E-state index contributed by atoms with van der Waals surface area (Å²) in [7, 11) is 0. The lowest BCUT2D eigenvalue weighted by molar-refractivity contribution is -0.124. The van der Waals surface area contributed by atoms with E-state index in [-0.39, 0.29) is 23.4 Å². The van der Waals surface area contributed by atoms with Gasteiger partial charge in [0.05, 0.1) is 29.4 Å². The molecule has 0 aliphatic rings. The number of hydrogen-bond acceptors (Lipinski definition) is 6. The number of rotatable bonds is 11. The highest BCUT2D eigenvalue weighted by Crippen LogP contribution is 2.33. The largest absolute Gasteiger partial charge is 0.492 e. The van der Waals surface area contributed by atoms with Crippen LogP contribution in [0.2, 0.25) is 5.02 Å². The van der Waals surface area contributed by atoms with Gasteiger partial charge in [-0.15, -0.1) is 0 Å². The van der Waals surface area contributed by atoms with Crippen molar-refractivity contribution in [3.8, 4) is 5.75 Å². The van der Waals surface area contributed by atoms with Gasteiger partial charge < -0.3 is 20.7 Å². The van der Waals surface area contributed by atoms with Gasteiger partial charge in [-0.3, -0.25) is 9.59 Å². The molecule has 3 rings (SSSR count). The molecule has 0 atom stereocenters. The van der Waals surface area contributed by atoms with Crippen LogP contribution >= 0.6 is 11.6 Å². The van der Waals surface area contributed by atoms with Gasteiger partial charge in [0, 0.05) is 23.6 Å². The van der Waals surface area contributed by atoms with Crippen LogP contribution in [-0.2, 0) is 9.59 Å². The highest BCUT2D eigenvalue weighted by Gasteiger charge is 2.14. The second-order valence-electron chi connectivity index (χ2n) is 7.56. The van der Waals surface area contributed by atoms with Crippen molar-refractivity contribution in [2.24, 2.45) is 0 Å². The van der Waals surface area contributed by atoms with Gasteiger partial charge >= 0.3 is 0 Å². The Morgan fingerprint density at radius 1 is 1.09 bits per heavy atom. The fourth-order valence-corrected chi connectivity index (χ4v) is 3.44. The van der Waals surface area contributed by atoms with Crippen molar-refractivity contribution in [2.75, 3.05) is 23.8 Å². The molecule has 0 aliphatic carbocycles. The zero-order chi connectivity index (χ0) is 24.5. The Kier molecular flexibility index (Phi) is 8.98. The van der Waals surface area contributed by atoms with Crippen LogP contribution in [0.3, 0.4) is 0 Å². The summed E-state index contributed by atoms with van der Waals surface area (Å²) < 4.78 is 19.2. The molecule has 34 heavy (non-hydrogen) atoms. The van der Waals surface area contributed by atoms with Crippen molar-refractivity contribution in [1.29, 1.82) is 0 Å². The first-order chi connectivity index (χ1) is 16.4. The number of nitrogens with one attached hydrogen (secondary N) is 3. The Bertz CT molecular complexity index is 1170. The summed E-state index contributed by atoms with van der Waals surface area (Å²) in [6.07, 6.45) is 4.55. The highest BCUT2D eigenvalue weighted by molar-refractivity contribution is 6.31. The van der Waals surface area contributed by atoms with E-state index >= 15 is 0 Å². The molecule has 0 unspecified atom stereocenters. The standard InChI is InChI=1S/C24H27ClFN5O3/c1-3-5-6-7-22(32)27-13-23(33)31-20-11-16-19(12-21(20)34-4-2)28-14-29-24(16)30-15-8-9-18(26)17(25)10-15/h8-12,14H,3-7,13H2,1-2H3,(H,27,32)(H,31,33)(H,28,29,30). The molecule has 0 saturated heterocycles. The fraction of sp³-hybridized carbons (Fsp3) is 0.333. The molecule has 0 spiro atoms. The van der Waals surface area contributed by atoms with Gasteiger partial charge in [0.15, 0.2) is 0 Å². The van der Waals surface area contributed by atoms with Gasteiger partial charge in [0.1, 0.15) is 23.7 Å². The van der Waals surface area contributed by atoms with E-state index in [0.29, 0.717) is 46.9 Å². The number of fused-ring (bicyclic) bond motifs is 1. The number of nitrogens with zero attached hydrogens (tertiary/aromatic N) is 2. The lowest BCUT2D eigenvalue weighted by atomic mass is 10.1. The van der Waals surface area contributed by atoms with Crippen molar-refractivity contribution in [1.82, 2.24) is 15.3 Å². The topological polar surface area (TPSA) is 105 Å². The predicted molar refractivity (Wildman–Crippen MR) is 131 cm³/mol. The van der Waals surface area contributed by atoms with Gasteiger partial charge in [0.25, 0.3) is 0 Å². The summed E-state index contributed by atoms with van der Waals surface area (Å²) >= 11 is 5.88. The van der Waals surface area contributed by atoms with Crippen molar-refractivity contribution in [2.45, 2.75) is 39.5 Å². The number of amides is 2. The van der Waals surface area contributed by atoms with Crippen LogP contribution in [0.5, 0.6) is 5.75 Å². The molecule has 0 aliphatic heterocycles. The summed E-state index contributed by atoms with van der Waals surface area (Å²) in [6.45, 7) is 4.12. The Balaban J connectivity index is 1.81. The minimum atomic E-state index is -0.524. The molecule has 0 radical (unpaired) electrons. The third kappa shape index (κ3) is 6.77. The quantitative estimate of drug-likeness (QED) is 0.321. The second-order valence-corrected chi connectivity index (χ2v) is 7.96. The first kappa shape index (κ1) is 25.2. The van der Waals surface area contributed by atoms with Gasteiger partial charge in [0.2, 0.25) is 11.8 Å². The van der Waals surface area contributed by atoms with E-state index in [0.717, 1.165) is 19.3 Å². The molecule has 0 fully saturated rings. The maximum atomic E-state index is 13.5. The Morgan fingerprint density at radius 2 is 1.91 bits per heavy atom.